The lowest BCUT2D eigenvalue weighted by molar-refractivity contribution is -0.138. The fourth-order valence-corrected chi connectivity index (χ4v) is 5.34. The van der Waals surface area contributed by atoms with Gasteiger partial charge in [-0.1, -0.05) is 0 Å². The maximum absolute atomic E-state index is 13.0. The molecule has 0 bridgehead atoms. The average Bonchev–Trinajstić information content (AvgIpc) is 2.88. The average molecular weight is 601 g/mol. The zero-order chi connectivity index (χ0) is 31.2. The SMILES string of the molecule is CC(=O)Nc1cc(C2CCN(C)CC2)cc(C(F)(F)F)c1.CC(=O)Nc1cc(C2CCN(C)CC2)cc(C(F)(F)F)c1. The second kappa shape index (κ2) is 13.9. The molecule has 0 radical (unpaired) electrons. The van der Waals surface area contributed by atoms with Crippen molar-refractivity contribution in [2.24, 2.45) is 0 Å². The summed E-state index contributed by atoms with van der Waals surface area (Å²) in [4.78, 5) is 26.5. The number of amides is 2. The Labute approximate surface area is 242 Å². The van der Waals surface area contributed by atoms with Crippen LogP contribution in [0.1, 0.15) is 73.6 Å². The lowest BCUT2D eigenvalue weighted by atomic mass is 9.88. The van der Waals surface area contributed by atoms with Gasteiger partial charge in [-0.2, -0.15) is 26.3 Å². The van der Waals surface area contributed by atoms with Crippen LogP contribution in [0.5, 0.6) is 0 Å². The number of halogens is 6. The van der Waals surface area contributed by atoms with E-state index < -0.39 is 23.5 Å². The molecular weight excluding hydrogens is 562 g/mol. The molecular formula is C30H38F6N4O2. The molecule has 2 saturated heterocycles. The summed E-state index contributed by atoms with van der Waals surface area (Å²) in [7, 11) is 4.01. The molecule has 4 rings (SSSR count). The van der Waals surface area contributed by atoms with Crippen molar-refractivity contribution in [3.05, 3.63) is 58.7 Å². The highest BCUT2D eigenvalue weighted by Gasteiger charge is 2.33. The minimum atomic E-state index is -4.41. The normalized spacial score (nSPS) is 17.8. The van der Waals surface area contributed by atoms with Gasteiger partial charge in [0.1, 0.15) is 0 Å². The molecule has 2 amide bonds. The van der Waals surface area contributed by atoms with Crippen molar-refractivity contribution in [1.82, 2.24) is 9.80 Å². The van der Waals surface area contributed by atoms with Crippen molar-refractivity contribution >= 4 is 23.2 Å². The number of carbonyl (C=O) groups excluding carboxylic acids is 2. The first-order valence-electron chi connectivity index (χ1n) is 13.9. The van der Waals surface area contributed by atoms with Crippen molar-refractivity contribution in [1.29, 1.82) is 0 Å². The Kier molecular flexibility index (Phi) is 11.0. The predicted molar refractivity (Wildman–Crippen MR) is 150 cm³/mol. The van der Waals surface area contributed by atoms with Gasteiger partial charge in [-0.15, -0.1) is 0 Å². The monoisotopic (exact) mass is 600 g/mol. The first-order chi connectivity index (χ1) is 19.5. The minimum Gasteiger partial charge on any atom is -0.326 e. The van der Waals surface area contributed by atoms with E-state index in [1.807, 2.05) is 14.1 Å². The molecule has 6 nitrogen and oxygen atoms in total. The number of carbonyl (C=O) groups is 2. The van der Waals surface area contributed by atoms with Crippen LogP contribution in [0.15, 0.2) is 36.4 Å². The van der Waals surface area contributed by atoms with Crippen LogP contribution in [-0.2, 0) is 21.9 Å². The minimum absolute atomic E-state index is 0.107. The molecule has 2 fully saturated rings. The third-order valence-electron chi connectivity index (χ3n) is 7.59. The number of piperidine rings is 2. The second-order valence-corrected chi connectivity index (χ2v) is 11.2. The van der Waals surface area contributed by atoms with Gasteiger partial charge in [-0.3, -0.25) is 9.59 Å². The zero-order valence-corrected chi connectivity index (χ0v) is 24.3. The Morgan fingerprint density at radius 3 is 1.19 bits per heavy atom. The van der Waals surface area contributed by atoms with E-state index in [0.29, 0.717) is 11.1 Å². The van der Waals surface area contributed by atoms with Crippen LogP contribution in [0.2, 0.25) is 0 Å². The van der Waals surface area contributed by atoms with Crippen molar-refractivity contribution in [3.63, 3.8) is 0 Å². The van der Waals surface area contributed by atoms with Gasteiger partial charge in [0, 0.05) is 25.2 Å². The first-order valence-corrected chi connectivity index (χ1v) is 13.9. The number of benzene rings is 2. The quantitative estimate of drug-likeness (QED) is 0.373. The van der Waals surface area contributed by atoms with Gasteiger partial charge in [0.15, 0.2) is 0 Å². The molecule has 2 aliphatic heterocycles. The molecule has 2 aliphatic rings. The lowest BCUT2D eigenvalue weighted by Crippen LogP contribution is -2.29. The molecule has 0 spiro atoms. The van der Waals surface area contributed by atoms with Crippen LogP contribution in [0, 0.1) is 0 Å². The second-order valence-electron chi connectivity index (χ2n) is 11.2. The van der Waals surface area contributed by atoms with E-state index in [4.69, 9.17) is 0 Å². The van der Waals surface area contributed by atoms with Gasteiger partial charge in [-0.05, 0) is 125 Å². The van der Waals surface area contributed by atoms with Crippen molar-refractivity contribution in [2.75, 3.05) is 50.9 Å². The number of likely N-dealkylation sites (tertiary alicyclic amines) is 2. The van der Waals surface area contributed by atoms with E-state index in [-0.39, 0.29) is 35.0 Å². The number of rotatable bonds is 4. The number of hydrogen-bond donors (Lipinski definition) is 2. The summed E-state index contributed by atoms with van der Waals surface area (Å²) < 4.78 is 78.0. The van der Waals surface area contributed by atoms with Gasteiger partial charge >= 0.3 is 12.4 Å². The molecule has 2 aromatic carbocycles. The number of alkyl halides is 6. The maximum Gasteiger partial charge on any atom is 0.416 e. The van der Waals surface area contributed by atoms with E-state index in [1.54, 1.807) is 12.1 Å². The molecule has 42 heavy (non-hydrogen) atoms. The Balaban J connectivity index is 0.000000230. The van der Waals surface area contributed by atoms with Crippen LogP contribution in [0.3, 0.4) is 0 Å². The molecule has 2 aromatic rings. The summed E-state index contributed by atoms with van der Waals surface area (Å²) in [6.07, 6.45) is -5.49. The first kappa shape index (κ1) is 33.4. The van der Waals surface area contributed by atoms with E-state index >= 15 is 0 Å². The van der Waals surface area contributed by atoms with Crippen molar-refractivity contribution in [3.8, 4) is 0 Å². The predicted octanol–water partition coefficient (Wildman–Crippen LogP) is 6.95. The fourth-order valence-electron chi connectivity index (χ4n) is 5.34. The van der Waals surface area contributed by atoms with Crippen LogP contribution in [-0.4, -0.2) is 61.9 Å². The van der Waals surface area contributed by atoms with Gasteiger partial charge in [0.05, 0.1) is 11.1 Å². The lowest BCUT2D eigenvalue weighted by Gasteiger charge is -2.29. The molecule has 0 unspecified atom stereocenters. The maximum atomic E-state index is 13.0. The summed E-state index contributed by atoms with van der Waals surface area (Å²) in [5.74, 6) is -0.528. The van der Waals surface area contributed by atoms with Gasteiger partial charge in [-0.25, -0.2) is 0 Å². The third kappa shape index (κ3) is 10.0. The van der Waals surface area contributed by atoms with Crippen LogP contribution < -0.4 is 10.6 Å². The topological polar surface area (TPSA) is 64.7 Å². The van der Waals surface area contributed by atoms with Gasteiger partial charge in [0.25, 0.3) is 0 Å². The zero-order valence-electron chi connectivity index (χ0n) is 24.3. The van der Waals surface area contributed by atoms with E-state index in [1.165, 1.54) is 26.0 Å². The molecule has 0 saturated carbocycles. The van der Waals surface area contributed by atoms with E-state index in [0.717, 1.165) is 64.0 Å². The fraction of sp³-hybridized carbons (Fsp3) is 0.533. The largest absolute Gasteiger partial charge is 0.416 e. The number of hydrogen-bond acceptors (Lipinski definition) is 4. The Bertz CT molecular complexity index is 1140. The number of nitrogens with zero attached hydrogens (tertiary/aromatic N) is 2. The summed E-state index contributed by atoms with van der Waals surface area (Å²) in [6, 6.07) is 7.71. The van der Waals surface area contributed by atoms with E-state index in [2.05, 4.69) is 20.4 Å². The molecule has 0 aliphatic carbocycles. The molecule has 2 heterocycles. The van der Waals surface area contributed by atoms with Crippen LogP contribution >= 0.6 is 0 Å². The van der Waals surface area contributed by atoms with Gasteiger partial charge in [0.2, 0.25) is 11.8 Å². The van der Waals surface area contributed by atoms with Crippen molar-refractivity contribution in [2.45, 2.75) is 63.7 Å². The highest BCUT2D eigenvalue weighted by Crippen LogP contribution is 2.38. The number of anilines is 2. The summed E-state index contributed by atoms with van der Waals surface area (Å²) >= 11 is 0. The standard InChI is InChI=1S/2C15H19F3N2O/c2*1-10(21)19-14-8-12(7-13(9-14)15(16,17)18)11-3-5-20(2)6-4-11/h2*7-9,11H,3-6H2,1-2H3,(H,19,21). The summed E-state index contributed by atoms with van der Waals surface area (Å²) in [5.41, 5.74) is 0.325. The van der Waals surface area contributed by atoms with Crippen LogP contribution in [0.25, 0.3) is 0 Å². The molecule has 232 valence electrons. The van der Waals surface area contributed by atoms with Gasteiger partial charge < -0.3 is 20.4 Å². The Morgan fingerprint density at radius 1 is 0.619 bits per heavy atom. The Morgan fingerprint density at radius 2 is 0.929 bits per heavy atom. The van der Waals surface area contributed by atoms with Crippen LogP contribution in [0.4, 0.5) is 37.7 Å². The summed E-state index contributed by atoms with van der Waals surface area (Å²) in [6.45, 7) is 6.06. The number of nitrogens with one attached hydrogen (secondary N) is 2. The van der Waals surface area contributed by atoms with E-state index in [9.17, 15) is 35.9 Å². The molecule has 12 heteroatoms. The highest BCUT2D eigenvalue weighted by atomic mass is 19.4. The smallest absolute Gasteiger partial charge is 0.326 e. The Hall–Kier alpha value is -3.12. The molecule has 2 N–H and O–H groups in total. The molecule has 0 aromatic heterocycles. The van der Waals surface area contributed by atoms with Crippen molar-refractivity contribution < 1.29 is 35.9 Å². The highest BCUT2D eigenvalue weighted by molar-refractivity contribution is 5.89. The molecule has 0 atom stereocenters. The third-order valence-corrected chi connectivity index (χ3v) is 7.59. The summed E-state index contributed by atoms with van der Waals surface area (Å²) in [5, 5.41) is 4.91.